The molecule has 0 saturated carbocycles. The van der Waals surface area contributed by atoms with Gasteiger partial charge in [-0.05, 0) is 0 Å². The largest absolute Gasteiger partial charge is 0.334 e. The van der Waals surface area contributed by atoms with Crippen molar-refractivity contribution in [3.8, 4) is 0 Å². The molecule has 0 aromatic rings. The predicted molar refractivity (Wildman–Crippen MR) is 39.8 cm³/mol. The van der Waals surface area contributed by atoms with Crippen LogP contribution >= 0.6 is 0 Å². The van der Waals surface area contributed by atoms with Crippen LogP contribution in [0.1, 0.15) is 13.3 Å². The van der Waals surface area contributed by atoms with E-state index in [0.29, 0.717) is 0 Å². The van der Waals surface area contributed by atoms with E-state index in [4.69, 9.17) is 5.73 Å². The van der Waals surface area contributed by atoms with Crippen LogP contribution in [0, 0.1) is 0 Å². The molecule has 0 unspecified atom stereocenters. The van der Waals surface area contributed by atoms with Crippen LogP contribution in [0.5, 0.6) is 0 Å². The molecule has 5 heteroatoms. The molecular formula is C7H12F2N2O. The van der Waals surface area contributed by atoms with Gasteiger partial charge in [-0.25, -0.2) is 0 Å². The minimum absolute atomic E-state index is 0.124. The zero-order valence-electron chi connectivity index (χ0n) is 6.89. The van der Waals surface area contributed by atoms with E-state index in [2.05, 4.69) is 0 Å². The molecule has 1 saturated heterocycles. The fraction of sp³-hybridized carbons (Fsp3) is 0.857. The third-order valence-electron chi connectivity index (χ3n) is 1.95. The lowest BCUT2D eigenvalue weighted by atomic mass is 10.1. The molecule has 0 aromatic carbocycles. The van der Waals surface area contributed by atoms with Crippen LogP contribution in [0.15, 0.2) is 0 Å². The number of likely N-dealkylation sites (tertiary alicyclic amines) is 1. The van der Waals surface area contributed by atoms with Crippen LogP contribution in [0.4, 0.5) is 8.78 Å². The van der Waals surface area contributed by atoms with Gasteiger partial charge in [0.25, 0.3) is 5.91 Å². The van der Waals surface area contributed by atoms with Crippen LogP contribution in [-0.2, 0) is 4.79 Å². The Labute approximate surface area is 69.5 Å². The number of halogens is 2. The van der Waals surface area contributed by atoms with Gasteiger partial charge >= 0.3 is 5.92 Å². The van der Waals surface area contributed by atoms with E-state index in [1.165, 1.54) is 6.92 Å². The Morgan fingerprint density at radius 2 is 2.17 bits per heavy atom. The maximum atomic E-state index is 12.7. The van der Waals surface area contributed by atoms with Crippen LogP contribution < -0.4 is 5.73 Å². The summed E-state index contributed by atoms with van der Waals surface area (Å²) in [7, 11) is 0. The van der Waals surface area contributed by atoms with Gasteiger partial charge in [0.1, 0.15) is 0 Å². The van der Waals surface area contributed by atoms with Crippen molar-refractivity contribution in [2.75, 3.05) is 13.1 Å². The quantitative estimate of drug-likeness (QED) is 0.656. The maximum absolute atomic E-state index is 12.7. The Bertz CT molecular complexity index is 190. The summed E-state index contributed by atoms with van der Waals surface area (Å²) in [5.41, 5.74) is 5.35. The number of carbonyl (C=O) groups excluding carboxylic acids is 1. The SMILES string of the molecule is CCC(F)(F)C(=O)N1CC(N)C1. The Morgan fingerprint density at radius 3 is 2.50 bits per heavy atom. The van der Waals surface area contributed by atoms with Crippen molar-refractivity contribution in [1.82, 2.24) is 4.90 Å². The van der Waals surface area contributed by atoms with E-state index in [-0.39, 0.29) is 19.1 Å². The molecule has 0 aliphatic carbocycles. The molecule has 2 N–H and O–H groups in total. The van der Waals surface area contributed by atoms with E-state index >= 15 is 0 Å². The molecule has 1 aliphatic rings. The minimum atomic E-state index is -3.21. The topological polar surface area (TPSA) is 46.3 Å². The molecule has 0 radical (unpaired) electrons. The number of hydrogen-bond donors (Lipinski definition) is 1. The Kier molecular flexibility index (Phi) is 2.32. The summed E-state index contributed by atoms with van der Waals surface area (Å²) in [5.74, 6) is -4.30. The maximum Gasteiger partial charge on any atom is 0.324 e. The number of nitrogens with two attached hydrogens (primary N) is 1. The molecule has 1 fully saturated rings. The lowest BCUT2D eigenvalue weighted by Crippen LogP contribution is -2.61. The molecule has 1 amide bonds. The van der Waals surface area contributed by atoms with Crippen LogP contribution in [0.2, 0.25) is 0 Å². The van der Waals surface area contributed by atoms with Gasteiger partial charge in [-0.15, -0.1) is 0 Å². The fourth-order valence-electron chi connectivity index (χ4n) is 1.06. The van der Waals surface area contributed by atoms with Crippen LogP contribution in [0.25, 0.3) is 0 Å². The zero-order chi connectivity index (χ0) is 9.35. The summed E-state index contributed by atoms with van der Waals surface area (Å²) in [5, 5.41) is 0. The van der Waals surface area contributed by atoms with Crippen molar-refractivity contribution in [1.29, 1.82) is 0 Å². The van der Waals surface area contributed by atoms with Gasteiger partial charge in [-0.3, -0.25) is 4.79 Å². The fourth-order valence-corrected chi connectivity index (χ4v) is 1.06. The first-order chi connectivity index (χ1) is 5.47. The second kappa shape index (κ2) is 2.97. The highest BCUT2D eigenvalue weighted by molar-refractivity contribution is 5.84. The first kappa shape index (κ1) is 9.38. The summed E-state index contributed by atoms with van der Waals surface area (Å²) in [6.07, 6.45) is -0.447. The molecule has 0 atom stereocenters. The van der Waals surface area contributed by atoms with Gasteiger partial charge in [0.2, 0.25) is 0 Å². The highest BCUT2D eigenvalue weighted by atomic mass is 19.3. The third-order valence-corrected chi connectivity index (χ3v) is 1.95. The molecule has 0 bridgehead atoms. The van der Waals surface area contributed by atoms with Gasteiger partial charge in [-0.1, -0.05) is 6.92 Å². The lowest BCUT2D eigenvalue weighted by molar-refractivity contribution is -0.162. The Morgan fingerprint density at radius 1 is 1.67 bits per heavy atom. The van der Waals surface area contributed by atoms with Gasteiger partial charge < -0.3 is 10.6 Å². The van der Waals surface area contributed by atoms with Crippen LogP contribution in [-0.4, -0.2) is 35.9 Å². The average molecular weight is 178 g/mol. The Hall–Kier alpha value is -0.710. The van der Waals surface area contributed by atoms with E-state index < -0.39 is 18.3 Å². The average Bonchev–Trinajstić information content (AvgIpc) is 1.97. The molecular weight excluding hydrogens is 166 g/mol. The van der Waals surface area contributed by atoms with Crippen LogP contribution in [0.3, 0.4) is 0 Å². The van der Waals surface area contributed by atoms with Gasteiger partial charge in [-0.2, -0.15) is 8.78 Å². The summed E-state index contributed by atoms with van der Waals surface area (Å²) >= 11 is 0. The second-order valence-electron chi connectivity index (χ2n) is 3.03. The van der Waals surface area contributed by atoms with Gasteiger partial charge in [0, 0.05) is 25.6 Å². The lowest BCUT2D eigenvalue weighted by Gasteiger charge is -2.38. The molecule has 1 aliphatic heterocycles. The number of alkyl halides is 2. The highest BCUT2D eigenvalue weighted by Gasteiger charge is 2.43. The minimum Gasteiger partial charge on any atom is -0.334 e. The van der Waals surface area contributed by atoms with Crippen molar-refractivity contribution >= 4 is 5.91 Å². The molecule has 0 aromatic heterocycles. The van der Waals surface area contributed by atoms with Crippen molar-refractivity contribution in [2.45, 2.75) is 25.3 Å². The number of amides is 1. The van der Waals surface area contributed by atoms with Crippen molar-refractivity contribution in [2.24, 2.45) is 5.73 Å². The number of nitrogens with zero attached hydrogens (tertiary/aromatic N) is 1. The third kappa shape index (κ3) is 1.55. The second-order valence-corrected chi connectivity index (χ2v) is 3.03. The summed E-state index contributed by atoms with van der Waals surface area (Å²) in [6, 6.07) is -0.124. The summed E-state index contributed by atoms with van der Waals surface area (Å²) in [6.45, 7) is 1.81. The molecule has 0 spiro atoms. The number of carbonyl (C=O) groups is 1. The van der Waals surface area contributed by atoms with Gasteiger partial charge in [0.15, 0.2) is 0 Å². The molecule has 1 rings (SSSR count). The first-order valence-corrected chi connectivity index (χ1v) is 3.90. The molecule has 12 heavy (non-hydrogen) atoms. The zero-order valence-corrected chi connectivity index (χ0v) is 6.89. The first-order valence-electron chi connectivity index (χ1n) is 3.90. The van der Waals surface area contributed by atoms with Crippen molar-refractivity contribution in [3.63, 3.8) is 0 Å². The van der Waals surface area contributed by atoms with Crippen molar-refractivity contribution in [3.05, 3.63) is 0 Å². The van der Waals surface area contributed by atoms with E-state index in [1.807, 2.05) is 0 Å². The molecule has 70 valence electrons. The molecule has 3 nitrogen and oxygen atoms in total. The highest BCUT2D eigenvalue weighted by Crippen LogP contribution is 2.23. The predicted octanol–water partition coefficient (Wildman–Crippen LogP) is 0.201. The van der Waals surface area contributed by atoms with Gasteiger partial charge in [0.05, 0.1) is 0 Å². The number of rotatable bonds is 2. The summed E-state index contributed by atoms with van der Waals surface area (Å²) < 4.78 is 25.4. The van der Waals surface area contributed by atoms with Crippen molar-refractivity contribution < 1.29 is 13.6 Å². The monoisotopic (exact) mass is 178 g/mol. The normalized spacial score (nSPS) is 19.2. The standard InChI is InChI=1S/C7H12F2N2O/c1-2-7(8,9)6(12)11-3-5(10)4-11/h5H,2-4,10H2,1H3. The molecule has 1 heterocycles. The summed E-state index contributed by atoms with van der Waals surface area (Å²) in [4.78, 5) is 12.0. The number of hydrogen-bond acceptors (Lipinski definition) is 2. The smallest absolute Gasteiger partial charge is 0.324 e. The van der Waals surface area contributed by atoms with E-state index in [0.717, 1.165) is 4.90 Å². The van der Waals surface area contributed by atoms with E-state index in [9.17, 15) is 13.6 Å². The van der Waals surface area contributed by atoms with E-state index in [1.54, 1.807) is 0 Å². The Balaban J connectivity index is 2.48.